The number of thioether (sulfide) groups is 1. The van der Waals surface area contributed by atoms with Crippen molar-refractivity contribution in [3.63, 3.8) is 0 Å². The molecule has 0 aliphatic rings. The summed E-state index contributed by atoms with van der Waals surface area (Å²) in [6.07, 6.45) is 1.66. The number of aryl methyl sites for hydroxylation is 1. The molecule has 1 unspecified atom stereocenters. The van der Waals surface area contributed by atoms with Crippen LogP contribution < -0.4 is 11.1 Å². The van der Waals surface area contributed by atoms with Crippen molar-refractivity contribution in [2.45, 2.75) is 30.7 Å². The van der Waals surface area contributed by atoms with E-state index in [1.165, 1.54) is 17.7 Å². The maximum atomic E-state index is 12.1. The van der Waals surface area contributed by atoms with E-state index >= 15 is 0 Å². The Morgan fingerprint density at radius 1 is 1.22 bits per heavy atom. The van der Waals surface area contributed by atoms with E-state index in [0.717, 1.165) is 30.7 Å². The van der Waals surface area contributed by atoms with Crippen LogP contribution in [0.15, 0.2) is 53.4 Å². The summed E-state index contributed by atoms with van der Waals surface area (Å²) >= 11 is 1.05. The number of nitrogens with zero attached hydrogens (tertiary/aromatic N) is 1. The number of nitrogens with two attached hydrogens (primary N) is 1. The highest BCUT2D eigenvalue weighted by Crippen LogP contribution is 2.30. The summed E-state index contributed by atoms with van der Waals surface area (Å²) in [6, 6.07) is 14.0. The van der Waals surface area contributed by atoms with Crippen LogP contribution in [0.3, 0.4) is 0 Å². The number of hydrogen-bond acceptors (Lipinski definition) is 5. The van der Waals surface area contributed by atoms with Gasteiger partial charge in [-0.3, -0.25) is 19.7 Å². The summed E-state index contributed by atoms with van der Waals surface area (Å²) in [7, 11) is 0. The largest absolute Gasteiger partial charge is 0.366 e. The Bertz CT molecular complexity index is 827. The minimum Gasteiger partial charge on any atom is -0.366 e. The molecule has 3 N–H and O–H groups in total. The molecule has 0 aliphatic carbocycles. The van der Waals surface area contributed by atoms with Crippen molar-refractivity contribution in [1.29, 1.82) is 0 Å². The minimum absolute atomic E-state index is 0.00877. The van der Waals surface area contributed by atoms with Crippen molar-refractivity contribution in [1.82, 2.24) is 5.32 Å². The van der Waals surface area contributed by atoms with Crippen molar-refractivity contribution < 1.29 is 14.5 Å². The van der Waals surface area contributed by atoms with Gasteiger partial charge in [0.15, 0.2) is 0 Å². The average Bonchev–Trinajstić information content (AvgIpc) is 2.65. The summed E-state index contributed by atoms with van der Waals surface area (Å²) in [4.78, 5) is 34.2. The summed E-state index contributed by atoms with van der Waals surface area (Å²) in [5.74, 6) is -0.889. The number of nitro groups is 1. The average molecular weight is 387 g/mol. The number of amides is 2. The standard InChI is InChI=1S/C19H21N3O4S/c1-13(7-8-14-5-3-2-4-6-14)21-18(23)12-27-17-10-9-15(19(20)24)11-16(17)22(25)26/h2-6,9-11,13H,7-8,12H2,1H3,(H2,20,24)(H,21,23). The van der Waals surface area contributed by atoms with Crippen molar-refractivity contribution in [2.75, 3.05) is 5.75 Å². The van der Waals surface area contributed by atoms with E-state index in [9.17, 15) is 19.7 Å². The molecule has 2 aromatic rings. The predicted octanol–water partition coefficient (Wildman–Crippen LogP) is 2.92. The van der Waals surface area contributed by atoms with Crippen molar-refractivity contribution in [3.05, 3.63) is 69.8 Å². The highest BCUT2D eigenvalue weighted by molar-refractivity contribution is 8.00. The predicted molar refractivity (Wildman–Crippen MR) is 105 cm³/mol. The van der Waals surface area contributed by atoms with Gasteiger partial charge in [0.2, 0.25) is 11.8 Å². The number of carbonyl (C=O) groups is 2. The third kappa shape index (κ3) is 6.41. The van der Waals surface area contributed by atoms with E-state index in [-0.39, 0.29) is 29.0 Å². The fraction of sp³-hybridized carbons (Fsp3) is 0.263. The fourth-order valence-corrected chi connectivity index (χ4v) is 3.31. The quantitative estimate of drug-likeness (QED) is 0.390. The second-order valence-corrected chi connectivity index (χ2v) is 7.10. The fourth-order valence-electron chi connectivity index (χ4n) is 2.50. The van der Waals surface area contributed by atoms with Gasteiger partial charge >= 0.3 is 0 Å². The second kappa shape index (κ2) is 9.72. The van der Waals surface area contributed by atoms with Crippen molar-refractivity contribution >= 4 is 29.3 Å². The third-order valence-corrected chi connectivity index (χ3v) is 4.98. The van der Waals surface area contributed by atoms with E-state index in [2.05, 4.69) is 5.32 Å². The van der Waals surface area contributed by atoms with Gasteiger partial charge in [-0.2, -0.15) is 0 Å². The summed E-state index contributed by atoms with van der Waals surface area (Å²) < 4.78 is 0. The molecule has 0 spiro atoms. The van der Waals surface area contributed by atoms with Gasteiger partial charge in [-0.05, 0) is 37.5 Å². The van der Waals surface area contributed by atoms with Crippen LogP contribution in [0.2, 0.25) is 0 Å². The van der Waals surface area contributed by atoms with Crippen LogP contribution in [0, 0.1) is 10.1 Å². The van der Waals surface area contributed by atoms with Crippen LogP contribution in [0.25, 0.3) is 0 Å². The molecule has 2 rings (SSSR count). The second-order valence-electron chi connectivity index (χ2n) is 6.09. The molecule has 2 amide bonds. The zero-order chi connectivity index (χ0) is 19.8. The first-order chi connectivity index (χ1) is 12.9. The first-order valence-corrected chi connectivity index (χ1v) is 9.39. The molecule has 1 atom stereocenters. The number of benzene rings is 2. The van der Waals surface area contributed by atoms with E-state index in [1.54, 1.807) is 0 Å². The SMILES string of the molecule is CC(CCc1ccccc1)NC(=O)CSc1ccc(C(N)=O)cc1[N+](=O)[O-]. The molecule has 0 fully saturated rings. The highest BCUT2D eigenvalue weighted by atomic mass is 32.2. The first-order valence-electron chi connectivity index (χ1n) is 8.41. The topological polar surface area (TPSA) is 115 Å². The van der Waals surface area contributed by atoms with Gasteiger partial charge in [-0.25, -0.2) is 0 Å². The van der Waals surface area contributed by atoms with Gasteiger partial charge < -0.3 is 11.1 Å². The number of rotatable bonds is 9. The molecule has 0 saturated heterocycles. The maximum absolute atomic E-state index is 12.1. The molecule has 7 nitrogen and oxygen atoms in total. The molecular weight excluding hydrogens is 366 g/mol. The maximum Gasteiger partial charge on any atom is 0.283 e. The Morgan fingerprint density at radius 3 is 2.56 bits per heavy atom. The van der Waals surface area contributed by atoms with Crippen LogP contribution in [0.5, 0.6) is 0 Å². The molecule has 0 aliphatic heterocycles. The number of carbonyl (C=O) groups excluding carboxylic acids is 2. The Morgan fingerprint density at radius 2 is 1.93 bits per heavy atom. The van der Waals surface area contributed by atoms with Gasteiger partial charge in [-0.1, -0.05) is 30.3 Å². The normalized spacial score (nSPS) is 11.6. The molecular formula is C19H21N3O4S. The van der Waals surface area contributed by atoms with Crippen molar-refractivity contribution in [2.24, 2.45) is 5.73 Å². The van der Waals surface area contributed by atoms with Crippen LogP contribution in [0.4, 0.5) is 5.69 Å². The van der Waals surface area contributed by atoms with Gasteiger partial charge in [0.05, 0.1) is 15.6 Å². The van der Waals surface area contributed by atoms with Crippen molar-refractivity contribution in [3.8, 4) is 0 Å². The van der Waals surface area contributed by atoms with Gasteiger partial charge in [0.25, 0.3) is 5.69 Å². The molecule has 0 saturated carbocycles. The molecule has 0 heterocycles. The Balaban J connectivity index is 1.87. The molecule has 0 bridgehead atoms. The Hall–Kier alpha value is -2.87. The number of nitro benzene ring substituents is 1. The lowest BCUT2D eigenvalue weighted by Crippen LogP contribution is -2.34. The molecule has 142 valence electrons. The van der Waals surface area contributed by atoms with Gasteiger partial charge in [-0.15, -0.1) is 11.8 Å². The van der Waals surface area contributed by atoms with Crippen LogP contribution in [-0.2, 0) is 11.2 Å². The highest BCUT2D eigenvalue weighted by Gasteiger charge is 2.18. The summed E-state index contributed by atoms with van der Waals surface area (Å²) in [5, 5.41) is 14.1. The Labute approximate surface area is 161 Å². The minimum atomic E-state index is -0.736. The zero-order valence-electron chi connectivity index (χ0n) is 14.9. The summed E-state index contributed by atoms with van der Waals surface area (Å²) in [6.45, 7) is 1.93. The number of nitrogens with one attached hydrogen (secondary N) is 1. The third-order valence-electron chi connectivity index (χ3n) is 3.92. The van der Waals surface area contributed by atoms with E-state index in [4.69, 9.17) is 5.73 Å². The van der Waals surface area contributed by atoms with Gasteiger partial charge in [0, 0.05) is 17.7 Å². The molecule has 8 heteroatoms. The molecule has 0 radical (unpaired) electrons. The lowest BCUT2D eigenvalue weighted by atomic mass is 10.1. The van der Waals surface area contributed by atoms with E-state index in [1.807, 2.05) is 37.3 Å². The van der Waals surface area contributed by atoms with Gasteiger partial charge in [0.1, 0.15) is 0 Å². The van der Waals surface area contributed by atoms with E-state index < -0.39 is 10.8 Å². The summed E-state index contributed by atoms with van der Waals surface area (Å²) in [5.41, 5.74) is 6.18. The monoisotopic (exact) mass is 387 g/mol. The van der Waals surface area contributed by atoms with Crippen LogP contribution in [-0.4, -0.2) is 28.5 Å². The molecule has 0 aromatic heterocycles. The molecule has 2 aromatic carbocycles. The lowest BCUT2D eigenvalue weighted by Gasteiger charge is -2.14. The zero-order valence-corrected chi connectivity index (χ0v) is 15.7. The van der Waals surface area contributed by atoms with Crippen LogP contribution in [0.1, 0.15) is 29.3 Å². The number of primary amides is 1. The molecule has 27 heavy (non-hydrogen) atoms. The van der Waals surface area contributed by atoms with E-state index in [0.29, 0.717) is 4.90 Å². The number of hydrogen-bond donors (Lipinski definition) is 2. The first kappa shape index (κ1) is 20.4. The van der Waals surface area contributed by atoms with Crippen LogP contribution >= 0.6 is 11.8 Å². The Kier molecular flexibility index (Phi) is 7.36. The smallest absolute Gasteiger partial charge is 0.283 e. The lowest BCUT2D eigenvalue weighted by molar-refractivity contribution is -0.387.